The number of hydrogen-bond donors (Lipinski definition) is 1. The number of Topliss-reactive ketones (excluding diaryl/α,β-unsaturated/α-hetero) is 1. The maximum absolute atomic E-state index is 13.1. The molecule has 2 aromatic carbocycles. The smallest absolute Gasteiger partial charge is 0.301 e. The molecule has 1 unspecified atom stereocenters. The van der Waals surface area contributed by atoms with Gasteiger partial charge in [-0.15, -0.1) is 0 Å². The predicted octanol–water partition coefficient (Wildman–Crippen LogP) is 4.02. The van der Waals surface area contributed by atoms with Crippen molar-refractivity contribution in [1.29, 1.82) is 0 Å². The van der Waals surface area contributed by atoms with Gasteiger partial charge in [0.15, 0.2) is 5.82 Å². The molecular formula is C24H22N2O6. The minimum absolute atomic E-state index is 0.0481. The highest BCUT2D eigenvalue weighted by Crippen LogP contribution is 2.42. The highest BCUT2D eigenvalue weighted by atomic mass is 16.5. The highest BCUT2D eigenvalue weighted by Gasteiger charge is 2.48. The standard InChI is InChI=1S/C24H22N2O6/c1-4-31-17-10-8-15(9-11-17)22(27)20-21(16-6-5-7-18(13-16)30-3)26(24(29)23(20)28)19-12-14(2)32-25-19/h5-13,21,27H,4H2,1-3H3/b22-20+. The fourth-order valence-electron chi connectivity index (χ4n) is 3.69. The Balaban J connectivity index is 1.89. The third kappa shape index (κ3) is 3.71. The maximum Gasteiger partial charge on any atom is 0.301 e. The van der Waals surface area contributed by atoms with E-state index in [0.29, 0.717) is 35.0 Å². The summed E-state index contributed by atoms with van der Waals surface area (Å²) < 4.78 is 15.9. The Hall–Kier alpha value is -4.07. The zero-order valence-electron chi connectivity index (χ0n) is 17.9. The molecule has 0 bridgehead atoms. The Morgan fingerprint density at radius 3 is 2.50 bits per heavy atom. The van der Waals surface area contributed by atoms with Gasteiger partial charge in [0.25, 0.3) is 5.78 Å². The van der Waals surface area contributed by atoms with Crippen LogP contribution in [0.25, 0.3) is 5.76 Å². The van der Waals surface area contributed by atoms with Gasteiger partial charge in [0.2, 0.25) is 0 Å². The third-order valence-electron chi connectivity index (χ3n) is 5.16. The van der Waals surface area contributed by atoms with Gasteiger partial charge in [-0.1, -0.05) is 17.3 Å². The van der Waals surface area contributed by atoms with Gasteiger partial charge >= 0.3 is 5.91 Å². The molecule has 2 heterocycles. The molecule has 1 fully saturated rings. The number of nitrogens with zero attached hydrogens (tertiary/aromatic N) is 2. The van der Waals surface area contributed by atoms with Crippen LogP contribution in [0.3, 0.4) is 0 Å². The second-order valence-electron chi connectivity index (χ2n) is 7.20. The number of anilines is 1. The number of benzene rings is 2. The van der Waals surface area contributed by atoms with Crippen LogP contribution in [-0.4, -0.2) is 35.7 Å². The number of aliphatic hydroxyl groups is 1. The van der Waals surface area contributed by atoms with E-state index in [2.05, 4.69) is 5.16 Å². The van der Waals surface area contributed by atoms with Gasteiger partial charge < -0.3 is 19.1 Å². The first kappa shape index (κ1) is 21.2. The molecule has 0 spiro atoms. The van der Waals surface area contributed by atoms with Crippen LogP contribution in [0.1, 0.15) is 29.9 Å². The van der Waals surface area contributed by atoms with Crippen LogP contribution < -0.4 is 14.4 Å². The molecule has 0 aliphatic carbocycles. The monoisotopic (exact) mass is 434 g/mol. The molecule has 164 valence electrons. The Morgan fingerprint density at radius 2 is 1.88 bits per heavy atom. The van der Waals surface area contributed by atoms with E-state index < -0.39 is 17.7 Å². The van der Waals surface area contributed by atoms with Gasteiger partial charge in [-0.3, -0.25) is 14.5 Å². The number of ketones is 1. The molecule has 1 N–H and O–H groups in total. The summed E-state index contributed by atoms with van der Waals surface area (Å²) in [4.78, 5) is 27.4. The van der Waals surface area contributed by atoms with Crippen molar-refractivity contribution >= 4 is 23.3 Å². The SMILES string of the molecule is CCOc1ccc(/C(O)=C2\C(=O)C(=O)N(c3cc(C)on3)C2c2cccc(OC)c2)cc1. The lowest BCUT2D eigenvalue weighted by molar-refractivity contribution is -0.132. The summed E-state index contributed by atoms with van der Waals surface area (Å²) in [6.07, 6.45) is 0. The average molecular weight is 434 g/mol. The first-order valence-electron chi connectivity index (χ1n) is 10.1. The minimum atomic E-state index is -0.916. The van der Waals surface area contributed by atoms with E-state index in [1.807, 2.05) is 6.92 Å². The van der Waals surface area contributed by atoms with E-state index in [1.165, 1.54) is 12.0 Å². The highest BCUT2D eigenvalue weighted by molar-refractivity contribution is 6.51. The van der Waals surface area contributed by atoms with Crippen molar-refractivity contribution < 1.29 is 28.7 Å². The second kappa shape index (κ2) is 8.58. The van der Waals surface area contributed by atoms with Crippen molar-refractivity contribution in [2.75, 3.05) is 18.6 Å². The molecule has 1 aliphatic heterocycles. The lowest BCUT2D eigenvalue weighted by atomic mass is 9.95. The zero-order valence-corrected chi connectivity index (χ0v) is 17.9. The molecule has 8 heteroatoms. The second-order valence-corrected chi connectivity index (χ2v) is 7.20. The van der Waals surface area contributed by atoms with Crippen molar-refractivity contribution in [1.82, 2.24) is 5.16 Å². The van der Waals surface area contributed by atoms with E-state index in [9.17, 15) is 14.7 Å². The summed E-state index contributed by atoms with van der Waals surface area (Å²) >= 11 is 0. The Morgan fingerprint density at radius 1 is 1.12 bits per heavy atom. The number of carbonyl (C=O) groups excluding carboxylic acids is 2. The van der Waals surface area contributed by atoms with Gasteiger partial charge in [0, 0.05) is 11.6 Å². The van der Waals surface area contributed by atoms with Gasteiger partial charge in [0.1, 0.15) is 23.0 Å². The van der Waals surface area contributed by atoms with Gasteiger partial charge in [-0.25, -0.2) is 0 Å². The summed E-state index contributed by atoms with van der Waals surface area (Å²) in [5.74, 6) is -0.0659. The van der Waals surface area contributed by atoms with E-state index >= 15 is 0 Å². The predicted molar refractivity (Wildman–Crippen MR) is 117 cm³/mol. The summed E-state index contributed by atoms with van der Waals surface area (Å²) in [5.41, 5.74) is 0.917. The lowest BCUT2D eigenvalue weighted by Gasteiger charge is -2.23. The van der Waals surface area contributed by atoms with Crippen molar-refractivity contribution in [2.24, 2.45) is 0 Å². The normalized spacial score (nSPS) is 17.6. The molecular weight excluding hydrogens is 412 g/mol. The van der Waals surface area contributed by atoms with Crippen LogP contribution in [0.5, 0.6) is 11.5 Å². The number of ether oxygens (including phenoxy) is 2. The first-order valence-corrected chi connectivity index (χ1v) is 10.1. The average Bonchev–Trinajstić information content (AvgIpc) is 3.34. The molecule has 0 saturated carbocycles. The molecule has 32 heavy (non-hydrogen) atoms. The van der Waals surface area contributed by atoms with Gasteiger partial charge in [0.05, 0.1) is 25.3 Å². The van der Waals surface area contributed by atoms with Crippen LogP contribution in [0, 0.1) is 6.92 Å². The maximum atomic E-state index is 13.1. The van der Waals surface area contributed by atoms with Crippen LogP contribution in [0.15, 0.2) is 64.7 Å². The number of hydrogen-bond acceptors (Lipinski definition) is 7. The van der Waals surface area contributed by atoms with Crippen LogP contribution in [0.2, 0.25) is 0 Å². The molecule has 1 amide bonds. The molecule has 1 atom stereocenters. The van der Waals surface area contributed by atoms with Crippen LogP contribution in [-0.2, 0) is 9.59 Å². The Kier molecular flexibility index (Phi) is 5.68. The Bertz CT molecular complexity index is 1200. The number of methoxy groups -OCH3 is 1. The fraction of sp³-hybridized carbons (Fsp3) is 0.208. The summed E-state index contributed by atoms with van der Waals surface area (Å²) in [6, 6.07) is 14.3. The third-order valence-corrected chi connectivity index (χ3v) is 5.16. The van der Waals surface area contributed by atoms with Crippen molar-refractivity contribution in [2.45, 2.75) is 19.9 Å². The molecule has 1 saturated heterocycles. The van der Waals surface area contributed by atoms with Crippen LogP contribution >= 0.6 is 0 Å². The number of aliphatic hydroxyl groups excluding tert-OH is 1. The fourth-order valence-corrected chi connectivity index (χ4v) is 3.69. The van der Waals surface area contributed by atoms with Crippen molar-refractivity contribution in [3.63, 3.8) is 0 Å². The molecule has 3 aromatic rings. The zero-order chi connectivity index (χ0) is 22.8. The molecule has 0 radical (unpaired) electrons. The Labute approximate surface area is 184 Å². The topological polar surface area (TPSA) is 102 Å². The quantitative estimate of drug-likeness (QED) is 0.355. The summed E-state index contributed by atoms with van der Waals surface area (Å²) in [6.45, 7) is 4.06. The number of rotatable bonds is 6. The largest absolute Gasteiger partial charge is 0.507 e. The van der Waals surface area contributed by atoms with E-state index in [1.54, 1.807) is 61.5 Å². The van der Waals surface area contributed by atoms with Crippen LogP contribution in [0.4, 0.5) is 5.82 Å². The summed E-state index contributed by atoms with van der Waals surface area (Å²) in [5, 5.41) is 15.0. The minimum Gasteiger partial charge on any atom is -0.507 e. The number of amides is 1. The number of aryl methyl sites for hydroxylation is 1. The molecule has 8 nitrogen and oxygen atoms in total. The van der Waals surface area contributed by atoms with E-state index in [4.69, 9.17) is 14.0 Å². The molecule has 1 aromatic heterocycles. The van der Waals surface area contributed by atoms with Gasteiger partial charge in [-0.2, -0.15) is 0 Å². The molecule has 4 rings (SSSR count). The van der Waals surface area contributed by atoms with Gasteiger partial charge in [-0.05, 0) is 55.8 Å². The van der Waals surface area contributed by atoms with E-state index in [0.717, 1.165) is 0 Å². The lowest BCUT2D eigenvalue weighted by Crippen LogP contribution is -2.29. The van der Waals surface area contributed by atoms with Crippen molar-refractivity contribution in [3.8, 4) is 11.5 Å². The first-order chi connectivity index (χ1) is 15.4. The van der Waals surface area contributed by atoms with E-state index in [-0.39, 0.29) is 17.2 Å². The van der Waals surface area contributed by atoms with Crippen molar-refractivity contribution in [3.05, 3.63) is 77.1 Å². The number of aromatic nitrogens is 1. The summed E-state index contributed by atoms with van der Waals surface area (Å²) in [7, 11) is 1.52. The number of carbonyl (C=O) groups is 2. The molecule has 1 aliphatic rings.